The van der Waals surface area contributed by atoms with Crippen molar-refractivity contribution in [2.45, 2.75) is 0 Å². The molecule has 64 valence electrons. The molecule has 0 aliphatic rings. The predicted octanol–water partition coefficient (Wildman–Crippen LogP) is 0.0273. The fourth-order valence-corrected chi connectivity index (χ4v) is 1.86. The van der Waals surface area contributed by atoms with Gasteiger partial charge in [0.25, 0.3) is 5.56 Å². The topological polar surface area (TPSA) is 75.9 Å². The number of fused-ring (bicyclic) bond motifs is 2. The number of nitrogens with one attached hydrogen (secondary N) is 1. The molecular formula is C6H3N5OS. The second-order valence-corrected chi connectivity index (χ2v) is 3.34. The van der Waals surface area contributed by atoms with Crippen LogP contribution in [0.2, 0.25) is 0 Å². The van der Waals surface area contributed by atoms with Crippen molar-refractivity contribution in [1.82, 2.24) is 24.8 Å². The van der Waals surface area contributed by atoms with Gasteiger partial charge < -0.3 is 0 Å². The van der Waals surface area contributed by atoms with Gasteiger partial charge in [-0.25, -0.2) is 0 Å². The molecule has 3 aromatic rings. The number of hydrogen-bond donors (Lipinski definition) is 1. The summed E-state index contributed by atoms with van der Waals surface area (Å²) in [5.41, 5.74) is 0.457. The maximum atomic E-state index is 11.6. The Kier molecular flexibility index (Phi) is 1.10. The molecule has 3 aromatic heterocycles. The first-order valence-corrected chi connectivity index (χ1v) is 4.40. The molecule has 13 heavy (non-hydrogen) atoms. The Morgan fingerprint density at radius 3 is 3.31 bits per heavy atom. The van der Waals surface area contributed by atoms with Crippen molar-refractivity contribution in [1.29, 1.82) is 0 Å². The third kappa shape index (κ3) is 0.760. The van der Waals surface area contributed by atoms with E-state index in [1.165, 1.54) is 15.7 Å². The summed E-state index contributed by atoms with van der Waals surface area (Å²) in [6.45, 7) is 0. The Hall–Kier alpha value is -1.76. The summed E-state index contributed by atoms with van der Waals surface area (Å²) in [6, 6.07) is 0. The zero-order valence-electron chi connectivity index (χ0n) is 6.26. The third-order valence-electron chi connectivity index (χ3n) is 1.74. The van der Waals surface area contributed by atoms with E-state index in [0.717, 1.165) is 0 Å². The van der Waals surface area contributed by atoms with Crippen molar-refractivity contribution >= 4 is 27.5 Å². The number of H-pyrrole nitrogens is 1. The smallest absolute Gasteiger partial charge is 0.266 e. The van der Waals surface area contributed by atoms with Crippen molar-refractivity contribution < 1.29 is 0 Å². The molecule has 0 bridgehead atoms. The van der Waals surface area contributed by atoms with Crippen molar-refractivity contribution in [2.24, 2.45) is 0 Å². The molecular weight excluding hydrogens is 190 g/mol. The zero-order chi connectivity index (χ0) is 8.84. The molecule has 0 aliphatic carbocycles. The van der Waals surface area contributed by atoms with Gasteiger partial charge in [-0.3, -0.25) is 9.20 Å². The van der Waals surface area contributed by atoms with Gasteiger partial charge in [0.15, 0.2) is 10.5 Å². The highest BCUT2D eigenvalue weighted by atomic mass is 32.1. The lowest BCUT2D eigenvalue weighted by molar-refractivity contribution is 0.954. The molecule has 0 amide bonds. The highest BCUT2D eigenvalue weighted by Crippen LogP contribution is 2.08. The van der Waals surface area contributed by atoms with Crippen molar-refractivity contribution in [3.8, 4) is 0 Å². The highest BCUT2D eigenvalue weighted by Gasteiger charge is 2.08. The molecule has 0 spiro atoms. The maximum absolute atomic E-state index is 11.6. The molecule has 0 saturated carbocycles. The van der Waals surface area contributed by atoms with E-state index in [1.807, 2.05) is 0 Å². The van der Waals surface area contributed by atoms with Crippen LogP contribution in [-0.4, -0.2) is 24.8 Å². The second kappa shape index (κ2) is 2.13. The van der Waals surface area contributed by atoms with E-state index in [9.17, 15) is 4.79 Å². The van der Waals surface area contributed by atoms with Crippen molar-refractivity contribution in [3.05, 3.63) is 21.9 Å². The third-order valence-corrected chi connectivity index (χ3v) is 2.50. The molecule has 0 radical (unpaired) electrons. The van der Waals surface area contributed by atoms with Crippen LogP contribution in [0.5, 0.6) is 0 Å². The van der Waals surface area contributed by atoms with Gasteiger partial charge in [0.1, 0.15) is 0 Å². The lowest BCUT2D eigenvalue weighted by atomic mass is 10.5. The monoisotopic (exact) mass is 193 g/mol. The number of aromatic nitrogens is 5. The first kappa shape index (κ1) is 6.72. The Morgan fingerprint density at radius 1 is 1.46 bits per heavy atom. The minimum absolute atomic E-state index is 0.185. The summed E-state index contributed by atoms with van der Waals surface area (Å²) in [5.74, 6) is 0. The van der Waals surface area contributed by atoms with Gasteiger partial charge in [-0.2, -0.15) is 10.2 Å². The van der Waals surface area contributed by atoms with Crippen LogP contribution in [-0.2, 0) is 0 Å². The Morgan fingerprint density at radius 2 is 2.38 bits per heavy atom. The molecule has 0 fully saturated rings. The quantitative estimate of drug-likeness (QED) is 0.546. The molecule has 6 nitrogen and oxygen atoms in total. The number of rotatable bonds is 0. The first-order valence-electron chi connectivity index (χ1n) is 3.52. The molecule has 0 aliphatic heterocycles. The van der Waals surface area contributed by atoms with Gasteiger partial charge >= 0.3 is 0 Å². The zero-order valence-corrected chi connectivity index (χ0v) is 7.08. The molecule has 7 heteroatoms. The summed E-state index contributed by atoms with van der Waals surface area (Å²) in [6.07, 6.45) is 1.67. The van der Waals surface area contributed by atoms with Crippen molar-refractivity contribution in [3.63, 3.8) is 0 Å². The molecule has 0 aromatic carbocycles. The van der Waals surface area contributed by atoms with Crippen LogP contribution < -0.4 is 5.56 Å². The molecule has 0 unspecified atom stereocenters. The van der Waals surface area contributed by atoms with Gasteiger partial charge in [-0.05, 0) is 0 Å². The Labute approximate surface area is 74.8 Å². The van der Waals surface area contributed by atoms with Crippen LogP contribution in [0, 0.1) is 0 Å². The van der Waals surface area contributed by atoms with Gasteiger partial charge in [-0.15, -0.1) is 21.5 Å². The summed E-state index contributed by atoms with van der Waals surface area (Å²) >= 11 is 1.39. The lowest BCUT2D eigenvalue weighted by Gasteiger charge is -1.88. The summed E-state index contributed by atoms with van der Waals surface area (Å²) in [7, 11) is 0. The minimum Gasteiger partial charge on any atom is -0.266 e. The van der Waals surface area contributed by atoms with Crippen LogP contribution in [0.3, 0.4) is 0 Å². The van der Waals surface area contributed by atoms with Gasteiger partial charge in [0.05, 0.1) is 0 Å². The van der Waals surface area contributed by atoms with E-state index in [4.69, 9.17) is 0 Å². The average Bonchev–Trinajstić information content (AvgIpc) is 2.71. The number of aromatic amines is 1. The van der Waals surface area contributed by atoms with Crippen LogP contribution in [0.15, 0.2) is 16.4 Å². The first-order chi connectivity index (χ1) is 6.36. The SMILES string of the molecule is O=c1c2n[nH]nc2nc2sccn12. The van der Waals surface area contributed by atoms with Crippen LogP contribution >= 0.6 is 11.3 Å². The predicted molar refractivity (Wildman–Crippen MR) is 46.8 cm³/mol. The van der Waals surface area contributed by atoms with Crippen LogP contribution in [0.25, 0.3) is 16.1 Å². The standard InChI is InChI=1S/C6H3N5OS/c12-5-3-4(9-10-8-3)7-6-11(5)1-2-13-6/h1-2H,(H,8,9,10). The lowest BCUT2D eigenvalue weighted by Crippen LogP contribution is -2.12. The van der Waals surface area contributed by atoms with E-state index in [-0.39, 0.29) is 11.1 Å². The van der Waals surface area contributed by atoms with Crippen molar-refractivity contribution in [2.75, 3.05) is 0 Å². The Balaban J connectivity index is 2.76. The molecule has 3 rings (SSSR count). The molecule has 0 saturated heterocycles. The average molecular weight is 193 g/mol. The number of hydrogen-bond acceptors (Lipinski definition) is 5. The fourth-order valence-electron chi connectivity index (χ4n) is 1.16. The van der Waals surface area contributed by atoms with E-state index < -0.39 is 0 Å². The maximum Gasteiger partial charge on any atom is 0.288 e. The van der Waals surface area contributed by atoms with Gasteiger partial charge in [-0.1, -0.05) is 0 Å². The minimum atomic E-state index is -0.185. The van der Waals surface area contributed by atoms with Crippen LogP contribution in [0.1, 0.15) is 0 Å². The van der Waals surface area contributed by atoms with E-state index in [0.29, 0.717) is 10.6 Å². The Bertz CT molecular complexity index is 583. The summed E-state index contributed by atoms with van der Waals surface area (Å²) < 4.78 is 1.45. The van der Waals surface area contributed by atoms with Crippen LogP contribution in [0.4, 0.5) is 0 Å². The van der Waals surface area contributed by atoms with Gasteiger partial charge in [0.2, 0.25) is 5.65 Å². The molecule has 0 atom stereocenters. The molecule has 1 N–H and O–H groups in total. The van der Waals surface area contributed by atoms with E-state index in [2.05, 4.69) is 20.4 Å². The number of thiazole rings is 1. The van der Waals surface area contributed by atoms with Gasteiger partial charge in [0, 0.05) is 11.6 Å². The van der Waals surface area contributed by atoms with E-state index >= 15 is 0 Å². The largest absolute Gasteiger partial charge is 0.288 e. The summed E-state index contributed by atoms with van der Waals surface area (Å²) in [4.78, 5) is 16.4. The fraction of sp³-hybridized carbons (Fsp3) is 0. The molecule has 3 heterocycles. The highest BCUT2D eigenvalue weighted by molar-refractivity contribution is 7.15. The second-order valence-electron chi connectivity index (χ2n) is 2.47. The summed E-state index contributed by atoms with van der Waals surface area (Å²) in [5, 5.41) is 11.6. The normalized spacial score (nSPS) is 11.4. The number of nitrogens with zero attached hydrogens (tertiary/aromatic N) is 4. The van der Waals surface area contributed by atoms with E-state index in [1.54, 1.807) is 11.6 Å².